The van der Waals surface area contributed by atoms with Crippen molar-refractivity contribution in [1.82, 2.24) is 9.80 Å². The molecule has 6 nitrogen and oxygen atoms in total. The summed E-state index contributed by atoms with van der Waals surface area (Å²) in [6.07, 6.45) is 0.683. The first-order valence-corrected chi connectivity index (χ1v) is 5.09. The third-order valence-corrected chi connectivity index (χ3v) is 2.08. The zero-order valence-electron chi connectivity index (χ0n) is 9.89. The lowest BCUT2D eigenvalue weighted by Crippen LogP contribution is -2.43. The molecule has 0 atom stereocenters. The highest BCUT2D eigenvalue weighted by molar-refractivity contribution is 5.86. The van der Waals surface area contributed by atoms with Crippen molar-refractivity contribution in [2.45, 2.75) is 20.3 Å². The van der Waals surface area contributed by atoms with Gasteiger partial charge < -0.3 is 14.9 Å². The van der Waals surface area contributed by atoms with Crippen LogP contribution in [0.1, 0.15) is 20.3 Å². The molecule has 2 amide bonds. The lowest BCUT2D eigenvalue weighted by molar-refractivity contribution is -0.145. The van der Waals surface area contributed by atoms with Crippen LogP contribution in [0.25, 0.3) is 0 Å². The van der Waals surface area contributed by atoms with E-state index in [0.29, 0.717) is 13.0 Å². The lowest BCUT2D eigenvalue weighted by atomic mass is 10.3. The Bertz CT molecular complexity index is 278. The smallest absolute Gasteiger partial charge is 0.323 e. The van der Waals surface area contributed by atoms with E-state index in [1.807, 2.05) is 6.92 Å². The van der Waals surface area contributed by atoms with Gasteiger partial charge in [0.1, 0.15) is 6.54 Å². The quantitative estimate of drug-likeness (QED) is 0.684. The molecule has 0 saturated carbocycles. The molecule has 0 unspecified atom stereocenters. The molecular formula is C10H18N2O4. The molecule has 0 aliphatic heterocycles. The van der Waals surface area contributed by atoms with Gasteiger partial charge >= 0.3 is 5.97 Å². The Morgan fingerprint density at radius 2 is 1.75 bits per heavy atom. The Morgan fingerprint density at radius 1 is 1.19 bits per heavy atom. The number of carbonyl (C=O) groups excluding carboxylic acids is 2. The van der Waals surface area contributed by atoms with E-state index in [4.69, 9.17) is 5.11 Å². The number of hydrogen-bond acceptors (Lipinski definition) is 3. The van der Waals surface area contributed by atoms with E-state index in [2.05, 4.69) is 0 Å². The van der Waals surface area contributed by atoms with Crippen LogP contribution in [0.4, 0.5) is 0 Å². The number of rotatable bonds is 6. The molecule has 0 aromatic carbocycles. The summed E-state index contributed by atoms with van der Waals surface area (Å²) in [6, 6.07) is 0. The summed E-state index contributed by atoms with van der Waals surface area (Å²) < 4.78 is 0. The molecule has 0 aromatic heterocycles. The Kier molecular flexibility index (Phi) is 6.14. The van der Waals surface area contributed by atoms with Crippen LogP contribution < -0.4 is 0 Å². The van der Waals surface area contributed by atoms with Gasteiger partial charge in [-0.25, -0.2) is 0 Å². The van der Waals surface area contributed by atoms with E-state index in [1.165, 1.54) is 23.8 Å². The highest BCUT2D eigenvalue weighted by Crippen LogP contribution is 1.95. The van der Waals surface area contributed by atoms with Crippen molar-refractivity contribution < 1.29 is 19.5 Å². The van der Waals surface area contributed by atoms with Crippen LogP contribution >= 0.6 is 0 Å². The van der Waals surface area contributed by atoms with Gasteiger partial charge in [0, 0.05) is 20.5 Å². The van der Waals surface area contributed by atoms with E-state index in [9.17, 15) is 14.4 Å². The first kappa shape index (κ1) is 14.4. The minimum atomic E-state index is -1.05. The maximum atomic E-state index is 11.7. The summed E-state index contributed by atoms with van der Waals surface area (Å²) in [5.74, 6) is -1.62. The van der Waals surface area contributed by atoms with E-state index >= 15 is 0 Å². The number of aliphatic carboxylic acids is 1. The van der Waals surface area contributed by atoms with Gasteiger partial charge in [0.05, 0.1) is 6.54 Å². The number of carboxylic acid groups (broad SMARTS) is 1. The van der Waals surface area contributed by atoms with E-state index in [0.717, 1.165) is 0 Å². The van der Waals surface area contributed by atoms with Crippen LogP contribution in [0.5, 0.6) is 0 Å². The predicted octanol–water partition coefficient (Wildman–Crippen LogP) is -0.212. The number of amides is 2. The molecule has 0 heterocycles. The Morgan fingerprint density at radius 3 is 2.12 bits per heavy atom. The fourth-order valence-corrected chi connectivity index (χ4v) is 1.14. The molecule has 0 aliphatic carbocycles. The summed E-state index contributed by atoms with van der Waals surface area (Å²) in [7, 11) is 1.51. The Labute approximate surface area is 94.8 Å². The second-order valence-electron chi connectivity index (χ2n) is 3.58. The normalized spacial score (nSPS) is 9.69. The first-order chi connectivity index (χ1) is 7.38. The Hall–Kier alpha value is -1.59. The van der Waals surface area contributed by atoms with Crippen LogP contribution in [0.15, 0.2) is 0 Å². The highest BCUT2D eigenvalue weighted by Gasteiger charge is 2.18. The zero-order chi connectivity index (χ0) is 12.7. The molecule has 0 aliphatic rings. The standard InChI is InChI=1S/C10H18N2O4/c1-4-5-12(7-10(15)16)9(14)6-11(3)8(2)13/h4-7H2,1-3H3,(H,15,16). The molecule has 0 saturated heterocycles. The molecule has 0 spiro atoms. The van der Waals surface area contributed by atoms with Crippen molar-refractivity contribution in [2.75, 3.05) is 26.7 Å². The molecule has 92 valence electrons. The number of hydrogen-bond donors (Lipinski definition) is 1. The maximum absolute atomic E-state index is 11.7. The second-order valence-corrected chi connectivity index (χ2v) is 3.58. The molecule has 16 heavy (non-hydrogen) atoms. The molecule has 6 heteroatoms. The summed E-state index contributed by atoms with van der Waals surface area (Å²) in [6.45, 7) is 3.20. The fraction of sp³-hybridized carbons (Fsp3) is 0.700. The van der Waals surface area contributed by atoms with Crippen LogP contribution in [-0.2, 0) is 14.4 Å². The number of nitrogens with zero attached hydrogens (tertiary/aromatic N) is 2. The fourth-order valence-electron chi connectivity index (χ4n) is 1.14. The lowest BCUT2D eigenvalue weighted by Gasteiger charge is -2.23. The molecule has 0 aromatic rings. The summed E-state index contributed by atoms with van der Waals surface area (Å²) in [5, 5.41) is 8.63. The third-order valence-electron chi connectivity index (χ3n) is 2.08. The average molecular weight is 230 g/mol. The van der Waals surface area contributed by atoms with Crippen LogP contribution in [0, 0.1) is 0 Å². The molecule has 0 bridgehead atoms. The number of likely N-dealkylation sites (N-methyl/N-ethyl adjacent to an activating group) is 1. The van der Waals surface area contributed by atoms with Gasteiger partial charge in [0.25, 0.3) is 0 Å². The van der Waals surface area contributed by atoms with Gasteiger partial charge in [-0.15, -0.1) is 0 Å². The minimum Gasteiger partial charge on any atom is -0.480 e. The molecule has 0 fully saturated rings. The summed E-state index contributed by atoms with van der Waals surface area (Å²) >= 11 is 0. The van der Waals surface area contributed by atoms with Crippen LogP contribution in [0.2, 0.25) is 0 Å². The summed E-state index contributed by atoms with van der Waals surface area (Å²) in [4.78, 5) is 35.6. The minimum absolute atomic E-state index is 0.0807. The van der Waals surface area contributed by atoms with E-state index < -0.39 is 5.97 Å². The van der Waals surface area contributed by atoms with Gasteiger partial charge in [-0.3, -0.25) is 14.4 Å². The van der Waals surface area contributed by atoms with Crippen molar-refractivity contribution in [2.24, 2.45) is 0 Å². The molecule has 0 rings (SSSR count). The first-order valence-electron chi connectivity index (χ1n) is 5.09. The number of carboxylic acids is 1. The SMILES string of the molecule is CCCN(CC(=O)O)C(=O)CN(C)C(C)=O. The highest BCUT2D eigenvalue weighted by atomic mass is 16.4. The monoisotopic (exact) mass is 230 g/mol. The van der Waals surface area contributed by atoms with Gasteiger partial charge in [-0.05, 0) is 6.42 Å². The van der Waals surface area contributed by atoms with Gasteiger partial charge in [-0.1, -0.05) is 6.92 Å². The van der Waals surface area contributed by atoms with Crippen molar-refractivity contribution in [3.05, 3.63) is 0 Å². The van der Waals surface area contributed by atoms with Gasteiger partial charge in [0.15, 0.2) is 0 Å². The summed E-state index contributed by atoms with van der Waals surface area (Å²) in [5.41, 5.74) is 0. The topological polar surface area (TPSA) is 77.9 Å². The molecular weight excluding hydrogens is 212 g/mol. The largest absolute Gasteiger partial charge is 0.480 e. The van der Waals surface area contributed by atoms with Crippen molar-refractivity contribution in [3.63, 3.8) is 0 Å². The third kappa shape index (κ3) is 5.33. The molecule has 0 radical (unpaired) electrons. The maximum Gasteiger partial charge on any atom is 0.323 e. The van der Waals surface area contributed by atoms with Crippen LogP contribution in [0.3, 0.4) is 0 Å². The average Bonchev–Trinajstić information content (AvgIpc) is 2.16. The molecule has 1 N–H and O–H groups in total. The number of carbonyl (C=O) groups is 3. The zero-order valence-corrected chi connectivity index (χ0v) is 9.89. The second kappa shape index (κ2) is 6.81. The van der Waals surface area contributed by atoms with E-state index in [-0.39, 0.29) is 24.9 Å². The Balaban J connectivity index is 4.37. The predicted molar refractivity (Wildman–Crippen MR) is 57.8 cm³/mol. The van der Waals surface area contributed by atoms with Gasteiger partial charge in [0.2, 0.25) is 11.8 Å². The van der Waals surface area contributed by atoms with Crippen molar-refractivity contribution >= 4 is 17.8 Å². The van der Waals surface area contributed by atoms with E-state index in [1.54, 1.807) is 0 Å². The van der Waals surface area contributed by atoms with Crippen molar-refractivity contribution in [3.8, 4) is 0 Å². The van der Waals surface area contributed by atoms with Gasteiger partial charge in [-0.2, -0.15) is 0 Å². The van der Waals surface area contributed by atoms with Crippen molar-refractivity contribution in [1.29, 1.82) is 0 Å². The van der Waals surface area contributed by atoms with Crippen LogP contribution in [-0.4, -0.2) is 59.4 Å².